The van der Waals surface area contributed by atoms with Gasteiger partial charge in [-0.1, -0.05) is 15.9 Å². The summed E-state index contributed by atoms with van der Waals surface area (Å²) < 4.78 is 14.0. The summed E-state index contributed by atoms with van der Waals surface area (Å²) in [6, 6.07) is 6.82. The summed E-state index contributed by atoms with van der Waals surface area (Å²) in [5.41, 5.74) is 0.657. The standard InChI is InChI=1S/C10H10BrFN2/c11-9-1-2-10(12)8(7-9)3-5-14-6-4-13/h1-2,7,14H,3,5-6H2. The Bertz CT molecular complexity index is 346. The molecule has 0 aliphatic carbocycles. The number of hydrogen-bond acceptors (Lipinski definition) is 2. The summed E-state index contributed by atoms with van der Waals surface area (Å²) >= 11 is 3.28. The lowest BCUT2D eigenvalue weighted by Crippen LogP contribution is -2.17. The Morgan fingerprint density at radius 2 is 2.29 bits per heavy atom. The molecule has 1 aromatic carbocycles. The maximum atomic E-state index is 13.2. The first kappa shape index (κ1) is 11.2. The molecule has 2 nitrogen and oxygen atoms in total. The molecule has 14 heavy (non-hydrogen) atoms. The average Bonchev–Trinajstić information content (AvgIpc) is 2.18. The fourth-order valence-electron chi connectivity index (χ4n) is 1.10. The van der Waals surface area contributed by atoms with Gasteiger partial charge in [0, 0.05) is 11.0 Å². The third kappa shape index (κ3) is 3.44. The number of nitrogens with one attached hydrogen (secondary N) is 1. The third-order valence-corrected chi connectivity index (χ3v) is 2.28. The van der Waals surface area contributed by atoms with Crippen molar-refractivity contribution < 1.29 is 4.39 Å². The smallest absolute Gasteiger partial charge is 0.126 e. The van der Waals surface area contributed by atoms with Gasteiger partial charge in [-0.2, -0.15) is 5.26 Å². The molecule has 74 valence electrons. The van der Waals surface area contributed by atoms with Crippen LogP contribution >= 0.6 is 15.9 Å². The second kappa shape index (κ2) is 5.74. The minimum absolute atomic E-state index is 0.202. The normalized spacial score (nSPS) is 9.79. The highest BCUT2D eigenvalue weighted by molar-refractivity contribution is 9.10. The van der Waals surface area contributed by atoms with Crippen molar-refractivity contribution in [3.05, 3.63) is 34.1 Å². The molecule has 1 N–H and O–H groups in total. The maximum Gasteiger partial charge on any atom is 0.126 e. The first-order chi connectivity index (χ1) is 6.74. The molecule has 0 radical (unpaired) electrons. The van der Waals surface area contributed by atoms with Crippen molar-refractivity contribution in [3.63, 3.8) is 0 Å². The highest BCUT2D eigenvalue weighted by Gasteiger charge is 2.01. The average molecular weight is 257 g/mol. The predicted molar refractivity (Wildman–Crippen MR) is 56.3 cm³/mol. The first-order valence-electron chi connectivity index (χ1n) is 4.25. The zero-order valence-corrected chi connectivity index (χ0v) is 9.14. The molecule has 0 fully saturated rings. The number of benzene rings is 1. The van der Waals surface area contributed by atoms with Crippen LogP contribution in [0.25, 0.3) is 0 Å². The van der Waals surface area contributed by atoms with E-state index in [1.807, 2.05) is 6.07 Å². The molecule has 0 aliphatic heterocycles. The molecule has 0 heterocycles. The second-order valence-corrected chi connectivity index (χ2v) is 3.74. The Kier molecular flexibility index (Phi) is 4.57. The van der Waals surface area contributed by atoms with E-state index in [1.165, 1.54) is 6.07 Å². The van der Waals surface area contributed by atoms with E-state index < -0.39 is 0 Å². The van der Waals surface area contributed by atoms with Gasteiger partial charge in [0.15, 0.2) is 0 Å². The Labute approximate surface area is 90.9 Å². The molecule has 0 saturated heterocycles. The topological polar surface area (TPSA) is 35.8 Å². The zero-order chi connectivity index (χ0) is 10.4. The summed E-state index contributed by atoms with van der Waals surface area (Å²) in [6.07, 6.45) is 0.590. The molecule has 0 aliphatic rings. The Morgan fingerprint density at radius 1 is 1.50 bits per heavy atom. The minimum Gasteiger partial charge on any atom is -0.304 e. The molecule has 0 atom stereocenters. The van der Waals surface area contributed by atoms with Crippen LogP contribution in [0.3, 0.4) is 0 Å². The van der Waals surface area contributed by atoms with Crippen LogP contribution in [0, 0.1) is 17.1 Å². The largest absolute Gasteiger partial charge is 0.304 e. The molecule has 0 saturated carbocycles. The van der Waals surface area contributed by atoms with Crippen LogP contribution in [0.1, 0.15) is 5.56 Å². The van der Waals surface area contributed by atoms with E-state index in [2.05, 4.69) is 21.2 Å². The lowest BCUT2D eigenvalue weighted by atomic mass is 10.1. The van der Waals surface area contributed by atoms with Gasteiger partial charge in [-0.25, -0.2) is 4.39 Å². The van der Waals surface area contributed by atoms with Crippen molar-refractivity contribution in [2.45, 2.75) is 6.42 Å². The third-order valence-electron chi connectivity index (χ3n) is 1.78. The van der Waals surface area contributed by atoms with Gasteiger partial charge in [0.1, 0.15) is 5.82 Å². The number of hydrogen-bond donors (Lipinski definition) is 1. The number of nitriles is 1. The lowest BCUT2D eigenvalue weighted by Gasteiger charge is -2.03. The zero-order valence-electron chi connectivity index (χ0n) is 7.56. The fourth-order valence-corrected chi connectivity index (χ4v) is 1.51. The van der Waals surface area contributed by atoms with Crippen molar-refractivity contribution in [1.29, 1.82) is 5.26 Å². The van der Waals surface area contributed by atoms with Crippen LogP contribution in [0.4, 0.5) is 4.39 Å². The van der Waals surface area contributed by atoms with Gasteiger partial charge in [-0.3, -0.25) is 0 Å². The molecule has 0 amide bonds. The molecule has 0 bridgehead atoms. The van der Waals surface area contributed by atoms with E-state index in [-0.39, 0.29) is 5.82 Å². The second-order valence-electron chi connectivity index (χ2n) is 2.82. The lowest BCUT2D eigenvalue weighted by molar-refractivity contribution is 0.602. The van der Waals surface area contributed by atoms with Crippen LogP contribution in [0.5, 0.6) is 0 Å². The van der Waals surface area contributed by atoms with Crippen LogP contribution in [0.2, 0.25) is 0 Å². The monoisotopic (exact) mass is 256 g/mol. The molecule has 0 aromatic heterocycles. The quantitative estimate of drug-likeness (QED) is 0.663. The highest BCUT2D eigenvalue weighted by Crippen LogP contribution is 2.15. The highest BCUT2D eigenvalue weighted by atomic mass is 79.9. The molecule has 0 unspecified atom stereocenters. The van der Waals surface area contributed by atoms with E-state index in [9.17, 15) is 4.39 Å². The molecular formula is C10H10BrFN2. The minimum atomic E-state index is -0.202. The fraction of sp³-hybridized carbons (Fsp3) is 0.300. The van der Waals surface area contributed by atoms with Crippen LogP contribution < -0.4 is 5.32 Å². The number of rotatable bonds is 4. The van der Waals surface area contributed by atoms with Crippen LogP contribution in [-0.2, 0) is 6.42 Å². The van der Waals surface area contributed by atoms with Gasteiger partial charge in [0.05, 0.1) is 12.6 Å². The summed E-state index contributed by atoms with van der Waals surface area (Å²) in [6.45, 7) is 0.913. The van der Waals surface area contributed by atoms with Gasteiger partial charge in [0.25, 0.3) is 0 Å². The summed E-state index contributed by atoms with van der Waals surface area (Å²) in [5.74, 6) is -0.202. The van der Waals surface area contributed by atoms with Crippen molar-refractivity contribution in [2.75, 3.05) is 13.1 Å². The van der Waals surface area contributed by atoms with Gasteiger partial charge >= 0.3 is 0 Å². The van der Waals surface area contributed by atoms with Gasteiger partial charge in [-0.15, -0.1) is 0 Å². The summed E-state index contributed by atoms with van der Waals surface area (Å²) in [5, 5.41) is 11.2. The maximum absolute atomic E-state index is 13.2. The Balaban J connectivity index is 2.50. The molecule has 0 spiro atoms. The van der Waals surface area contributed by atoms with Gasteiger partial charge < -0.3 is 5.32 Å². The van der Waals surface area contributed by atoms with Crippen molar-refractivity contribution in [2.24, 2.45) is 0 Å². The van der Waals surface area contributed by atoms with Gasteiger partial charge in [-0.05, 0) is 30.2 Å². The van der Waals surface area contributed by atoms with Crippen molar-refractivity contribution in [3.8, 4) is 6.07 Å². The van der Waals surface area contributed by atoms with E-state index >= 15 is 0 Å². The van der Waals surface area contributed by atoms with E-state index in [0.717, 1.165) is 4.47 Å². The Hall–Kier alpha value is -0.920. The van der Waals surface area contributed by atoms with Crippen LogP contribution in [-0.4, -0.2) is 13.1 Å². The molecule has 4 heteroatoms. The summed E-state index contributed by atoms with van der Waals surface area (Å²) in [4.78, 5) is 0. The van der Waals surface area contributed by atoms with Crippen LogP contribution in [0.15, 0.2) is 22.7 Å². The predicted octanol–water partition coefficient (Wildman–Crippen LogP) is 2.24. The van der Waals surface area contributed by atoms with Gasteiger partial charge in [0.2, 0.25) is 0 Å². The molecular weight excluding hydrogens is 247 g/mol. The summed E-state index contributed by atoms with van der Waals surface area (Å²) in [7, 11) is 0. The molecule has 1 aromatic rings. The van der Waals surface area contributed by atoms with E-state index in [0.29, 0.717) is 25.1 Å². The SMILES string of the molecule is N#CCNCCc1cc(Br)ccc1F. The molecule has 1 rings (SSSR count). The van der Waals surface area contributed by atoms with E-state index in [1.54, 1.807) is 12.1 Å². The number of halogens is 2. The van der Waals surface area contributed by atoms with Crippen molar-refractivity contribution in [1.82, 2.24) is 5.32 Å². The Morgan fingerprint density at radius 3 is 3.00 bits per heavy atom. The van der Waals surface area contributed by atoms with E-state index in [4.69, 9.17) is 5.26 Å². The van der Waals surface area contributed by atoms with Crippen molar-refractivity contribution >= 4 is 15.9 Å². The first-order valence-corrected chi connectivity index (χ1v) is 5.05. The number of nitrogens with zero attached hydrogens (tertiary/aromatic N) is 1.